The molecule has 0 saturated carbocycles. The first-order valence-electron chi connectivity index (χ1n) is 27.3. The number of rotatable bonds is 19. The predicted molar refractivity (Wildman–Crippen MR) is 322 cm³/mol. The number of ether oxygens (including phenoxy) is 3. The van der Waals surface area contributed by atoms with Gasteiger partial charge in [-0.25, -0.2) is 9.59 Å². The van der Waals surface area contributed by atoms with Gasteiger partial charge in [0.05, 0.1) is 80.2 Å². The van der Waals surface area contributed by atoms with Crippen molar-refractivity contribution in [2.45, 2.75) is 25.7 Å². The molecule has 12 rings (SSSR count). The van der Waals surface area contributed by atoms with Crippen LogP contribution in [-0.4, -0.2) is 103 Å². The van der Waals surface area contributed by atoms with Gasteiger partial charge in [0, 0.05) is 89.5 Å². The average molecular weight is 1230 g/mol. The van der Waals surface area contributed by atoms with Gasteiger partial charge in [-0.2, -0.15) is 0 Å². The summed E-state index contributed by atoms with van der Waals surface area (Å²) in [4.78, 5) is 87.2. The average Bonchev–Trinajstić information content (AvgIpc) is 1.82. The largest absolute Gasteiger partial charge is 0.465 e. The van der Waals surface area contributed by atoms with Crippen LogP contribution in [0.1, 0.15) is 78.2 Å². The van der Waals surface area contributed by atoms with Crippen molar-refractivity contribution < 1.29 is 57.1 Å². The van der Waals surface area contributed by atoms with E-state index in [9.17, 15) is 44.2 Å². The van der Waals surface area contributed by atoms with Crippen LogP contribution in [0.15, 0.2) is 141 Å². The van der Waals surface area contributed by atoms with Crippen LogP contribution in [0.3, 0.4) is 0 Å². The van der Waals surface area contributed by atoms with Crippen LogP contribution in [0.4, 0.5) is 45.5 Å². The molecule has 1 saturated heterocycles. The molecular formula is C62H52BrN9O14. The van der Waals surface area contributed by atoms with Crippen molar-refractivity contribution >= 4 is 113 Å². The van der Waals surface area contributed by atoms with E-state index in [0.29, 0.717) is 159 Å². The smallest absolute Gasteiger partial charge is 0.337 e. The number of carbonyl (C=O) groups is 5. The van der Waals surface area contributed by atoms with Gasteiger partial charge in [0.25, 0.3) is 11.4 Å². The molecule has 86 heavy (non-hydrogen) atoms. The number of piperidine rings is 1. The molecule has 436 valence electrons. The molecule has 0 spiro atoms. The number of halogens is 1. The number of non-ortho nitro benzene ring substituents is 1. The zero-order chi connectivity index (χ0) is 60.2. The molecule has 3 heterocycles. The van der Waals surface area contributed by atoms with E-state index in [1.807, 2.05) is 48.5 Å². The molecule has 1 fully saturated rings. The van der Waals surface area contributed by atoms with E-state index >= 15 is 0 Å². The number of nitrogens with one attached hydrogen (secondary N) is 4. The van der Waals surface area contributed by atoms with Crippen molar-refractivity contribution in [3.63, 3.8) is 0 Å². The number of hydrogen-bond donors (Lipinski definition) is 4. The summed E-state index contributed by atoms with van der Waals surface area (Å²) in [6.45, 7) is 2.78. The van der Waals surface area contributed by atoms with E-state index in [0.717, 1.165) is 23.0 Å². The van der Waals surface area contributed by atoms with E-state index in [1.165, 1.54) is 26.4 Å². The molecule has 24 heteroatoms. The minimum Gasteiger partial charge on any atom is -0.465 e. The van der Waals surface area contributed by atoms with Gasteiger partial charge in [-0.05, 0) is 108 Å². The third-order valence-corrected chi connectivity index (χ3v) is 15.6. The molecule has 23 nitrogen and oxygen atoms in total. The van der Waals surface area contributed by atoms with Gasteiger partial charge in [-0.1, -0.05) is 58.8 Å². The number of benzene rings is 7. The van der Waals surface area contributed by atoms with Crippen LogP contribution in [0, 0.1) is 26.1 Å². The second-order valence-electron chi connectivity index (χ2n) is 20.2. The van der Waals surface area contributed by atoms with E-state index < -0.39 is 21.8 Å². The highest BCUT2D eigenvalue weighted by Crippen LogP contribution is 2.48. The molecule has 3 aliphatic rings. The van der Waals surface area contributed by atoms with Gasteiger partial charge < -0.3 is 49.4 Å². The number of nitrogens with zero attached hydrogens (tertiary/aromatic N) is 5. The summed E-state index contributed by atoms with van der Waals surface area (Å²) in [5.74, 6) is -0.219. The lowest BCUT2D eigenvalue weighted by Gasteiger charge is -2.33. The first kappa shape index (κ1) is 57.5. The number of methoxy groups -OCH3 is 2. The van der Waals surface area contributed by atoms with Gasteiger partial charge >= 0.3 is 11.9 Å². The quantitative estimate of drug-likeness (QED) is 0.0253. The summed E-state index contributed by atoms with van der Waals surface area (Å²) >= 11 is 3.53. The topological polar surface area (TPSA) is 303 Å². The number of hydrogen-bond acceptors (Lipinski definition) is 20. The standard InChI is InChI=1S/C40H39N7O10.C22H13BrN2O4/c1-55-40(50)25-8-10-26(11-9-25)43-31-23-33(36-35-34(31)37(48)28-6-2-3-7-29(28)38(35)57-44-36)45-18-14-24(15-19-45)39(49)42-17-5-21-56-20-4-16-41-30-13-12-27(46(51)52)22-32(30)47(53)54;1-28-22(27)11-6-8-12(9-7-11)24-16-10-15(23)19-18-17(16)20(26)13-4-2-3-5-14(13)21(18)29-25-19/h2-3,6-13,22-24,41,43H,4-5,14-21H2,1H3,(H,42,49);2-10,24H,1H3. The zero-order valence-electron chi connectivity index (χ0n) is 46.1. The third-order valence-electron chi connectivity index (χ3n) is 15.0. The Bertz CT molecular complexity index is 4180. The second-order valence-corrected chi connectivity index (χ2v) is 21.1. The number of anilines is 6. The van der Waals surface area contributed by atoms with Crippen molar-refractivity contribution in [2.75, 3.05) is 74.5 Å². The Labute approximate surface area is 497 Å². The third kappa shape index (κ3) is 11.4. The van der Waals surface area contributed by atoms with Gasteiger partial charge in [-0.15, -0.1) is 0 Å². The summed E-state index contributed by atoms with van der Waals surface area (Å²) in [7, 11) is 2.66. The Morgan fingerprint density at radius 1 is 0.640 bits per heavy atom. The van der Waals surface area contributed by atoms with Crippen molar-refractivity contribution in [3.8, 4) is 22.6 Å². The van der Waals surface area contributed by atoms with Gasteiger partial charge in [0.2, 0.25) is 5.91 Å². The molecule has 2 aliphatic carbocycles. The van der Waals surface area contributed by atoms with E-state index in [-0.39, 0.29) is 40.5 Å². The lowest BCUT2D eigenvalue weighted by atomic mass is 9.86. The lowest BCUT2D eigenvalue weighted by Crippen LogP contribution is -2.41. The Morgan fingerprint density at radius 2 is 1.15 bits per heavy atom. The van der Waals surface area contributed by atoms with E-state index in [2.05, 4.69) is 52.4 Å². The molecule has 0 radical (unpaired) electrons. The number of nitro groups is 2. The van der Waals surface area contributed by atoms with Crippen molar-refractivity contribution in [3.05, 3.63) is 185 Å². The Morgan fingerprint density at radius 3 is 1.69 bits per heavy atom. The molecule has 0 bridgehead atoms. The second kappa shape index (κ2) is 24.9. The maximum Gasteiger partial charge on any atom is 0.337 e. The van der Waals surface area contributed by atoms with Crippen molar-refractivity contribution in [1.29, 1.82) is 0 Å². The van der Waals surface area contributed by atoms with Gasteiger partial charge in [-0.3, -0.25) is 34.6 Å². The van der Waals surface area contributed by atoms with Gasteiger partial charge in [0.1, 0.15) is 16.7 Å². The first-order valence-corrected chi connectivity index (χ1v) is 28.1. The number of amides is 1. The van der Waals surface area contributed by atoms with Gasteiger partial charge in [0.15, 0.2) is 23.1 Å². The Balaban J connectivity index is 0.000000220. The van der Waals surface area contributed by atoms with Crippen molar-refractivity contribution in [1.82, 2.24) is 15.6 Å². The number of fused-ring (bicyclic) bond motifs is 4. The normalized spacial score (nSPS) is 13.0. The monoisotopic (exact) mass is 1230 g/mol. The number of esters is 2. The maximum atomic E-state index is 14.0. The van der Waals surface area contributed by atoms with Crippen LogP contribution in [0.25, 0.3) is 44.5 Å². The summed E-state index contributed by atoms with van der Waals surface area (Å²) in [5, 5.41) is 44.8. The maximum absolute atomic E-state index is 14.0. The van der Waals surface area contributed by atoms with E-state index in [4.69, 9.17) is 23.3 Å². The van der Waals surface area contributed by atoms with Crippen molar-refractivity contribution in [2.24, 2.45) is 5.92 Å². The fraction of sp³-hybridized carbons (Fsp3) is 0.210. The summed E-state index contributed by atoms with van der Waals surface area (Å²) in [5.41, 5.74) is 8.32. The number of nitro benzene ring substituents is 2. The Hall–Kier alpha value is -10.3. The lowest BCUT2D eigenvalue weighted by molar-refractivity contribution is -0.393. The highest BCUT2D eigenvalue weighted by molar-refractivity contribution is 9.10. The number of ketones is 2. The summed E-state index contributed by atoms with van der Waals surface area (Å²) in [6, 6.07) is 35.4. The highest BCUT2D eigenvalue weighted by Gasteiger charge is 2.36. The van der Waals surface area contributed by atoms with Crippen LogP contribution in [0.2, 0.25) is 0 Å². The SMILES string of the molecule is COC(=O)c1ccc(Nc2cc(Br)c3noc4c3c2C(=O)c2ccccc2-4)cc1.COC(=O)c1ccc(Nc2cc(N3CCC(C(=O)NCCCOCCCNc4ccc([N+](=O)[O-])cc4[N+](=O)[O-])CC3)c3noc4c3c2C(=O)c2ccccc2-4)cc1. The molecule has 0 atom stereocenters. The molecule has 2 aromatic heterocycles. The van der Waals surface area contributed by atoms with Crippen LogP contribution < -0.4 is 26.2 Å². The fourth-order valence-electron chi connectivity index (χ4n) is 10.8. The Kier molecular flexibility index (Phi) is 16.6. The minimum absolute atomic E-state index is 0.0258. The molecule has 0 unspecified atom stereocenters. The molecule has 1 amide bonds. The molecule has 7 aromatic carbocycles. The van der Waals surface area contributed by atoms with Crippen LogP contribution >= 0.6 is 15.9 Å². The predicted octanol–water partition coefficient (Wildman–Crippen LogP) is 12.0. The van der Waals surface area contributed by atoms with Crippen LogP contribution in [-0.2, 0) is 19.0 Å². The highest BCUT2D eigenvalue weighted by atomic mass is 79.9. The molecule has 9 aromatic rings. The molecular weight excluding hydrogens is 1170 g/mol. The zero-order valence-corrected chi connectivity index (χ0v) is 47.7. The van der Waals surface area contributed by atoms with E-state index in [1.54, 1.807) is 60.7 Å². The number of carbonyl (C=O) groups excluding carboxylic acids is 5. The minimum atomic E-state index is -0.680. The number of aromatic nitrogens is 2. The fourth-order valence-corrected chi connectivity index (χ4v) is 11.3. The molecule has 4 N–H and O–H groups in total. The molecule has 1 aliphatic heterocycles. The van der Waals surface area contributed by atoms with Crippen LogP contribution in [0.5, 0.6) is 0 Å². The first-order chi connectivity index (χ1) is 41.7. The summed E-state index contributed by atoms with van der Waals surface area (Å²) < 4.78 is 27.5. The summed E-state index contributed by atoms with van der Waals surface area (Å²) in [6.07, 6.45) is 2.37.